The van der Waals surface area contributed by atoms with Gasteiger partial charge in [-0.2, -0.15) is 0 Å². The topological polar surface area (TPSA) is 92.2 Å². The number of hydrogen-bond acceptors (Lipinski definition) is 6. The van der Waals surface area contributed by atoms with Crippen molar-refractivity contribution in [3.05, 3.63) is 12.4 Å². The first-order valence-electron chi connectivity index (χ1n) is 8.76. The number of pyridine rings is 1. The Morgan fingerprint density at radius 3 is 2.56 bits per heavy atom. The van der Waals surface area contributed by atoms with Crippen molar-refractivity contribution in [2.45, 2.75) is 58.7 Å². The van der Waals surface area contributed by atoms with Crippen LogP contribution in [0.2, 0.25) is 0 Å². The highest BCUT2D eigenvalue weighted by Crippen LogP contribution is 2.23. The summed E-state index contributed by atoms with van der Waals surface area (Å²) in [6.45, 7) is 12.4. The van der Waals surface area contributed by atoms with E-state index in [1.54, 1.807) is 20.2 Å². The third-order valence-electron chi connectivity index (χ3n) is 4.31. The predicted octanol–water partition coefficient (Wildman–Crippen LogP) is 2.32. The zero-order valence-corrected chi connectivity index (χ0v) is 16.3. The summed E-state index contributed by atoms with van der Waals surface area (Å²) in [5, 5.41) is 13.4. The molecule has 0 bridgehead atoms. The van der Waals surface area contributed by atoms with E-state index in [1.165, 1.54) is 0 Å². The number of rotatable bonds is 7. The van der Waals surface area contributed by atoms with Crippen molar-refractivity contribution >= 4 is 22.7 Å². The van der Waals surface area contributed by atoms with Gasteiger partial charge >= 0.3 is 0 Å². The van der Waals surface area contributed by atoms with Crippen molar-refractivity contribution in [2.75, 3.05) is 31.2 Å². The number of nitrogen functional groups attached to an aromatic ring is 1. The molecule has 25 heavy (non-hydrogen) atoms. The van der Waals surface area contributed by atoms with E-state index in [9.17, 15) is 5.11 Å². The Morgan fingerprint density at radius 2 is 1.96 bits per heavy atom. The van der Waals surface area contributed by atoms with E-state index in [1.807, 2.05) is 10.6 Å². The van der Waals surface area contributed by atoms with Gasteiger partial charge in [0.15, 0.2) is 5.82 Å². The Morgan fingerprint density at radius 1 is 1.28 bits per heavy atom. The maximum atomic E-state index is 10.1. The lowest BCUT2D eigenvalue weighted by atomic mass is 10.1. The van der Waals surface area contributed by atoms with Gasteiger partial charge in [-0.3, -0.25) is 0 Å². The van der Waals surface area contributed by atoms with Gasteiger partial charge in [0.25, 0.3) is 0 Å². The molecular weight excluding hydrogens is 316 g/mol. The lowest BCUT2D eigenvalue weighted by Gasteiger charge is -2.31. The summed E-state index contributed by atoms with van der Waals surface area (Å²) in [6.07, 6.45) is 2.71. The highest BCUT2D eigenvalue weighted by molar-refractivity contribution is 5.87. The van der Waals surface area contributed by atoms with Gasteiger partial charge in [0, 0.05) is 24.7 Å². The summed E-state index contributed by atoms with van der Waals surface area (Å²) in [5.74, 6) is 1.14. The second kappa shape index (κ2) is 7.17. The Labute approximate surface area is 150 Å². The van der Waals surface area contributed by atoms with Crippen LogP contribution in [-0.4, -0.2) is 55.8 Å². The lowest BCUT2D eigenvalue weighted by Crippen LogP contribution is -2.39. The largest absolute Gasteiger partial charge is 0.389 e. The van der Waals surface area contributed by atoms with Gasteiger partial charge in [-0.05, 0) is 48.1 Å². The fraction of sp³-hybridized carbons (Fsp3) is 0.667. The third kappa shape index (κ3) is 5.31. The molecule has 0 saturated heterocycles. The van der Waals surface area contributed by atoms with E-state index in [2.05, 4.69) is 48.0 Å². The molecule has 0 unspecified atom stereocenters. The Balaban J connectivity index is 2.05. The Hall–Kier alpha value is -1.86. The van der Waals surface area contributed by atoms with E-state index in [-0.39, 0.29) is 5.54 Å². The van der Waals surface area contributed by atoms with Crippen molar-refractivity contribution in [1.82, 2.24) is 19.4 Å². The lowest BCUT2D eigenvalue weighted by molar-refractivity contribution is 0.0626. The minimum absolute atomic E-state index is 0.172. The maximum Gasteiger partial charge on any atom is 0.154 e. The molecule has 7 heteroatoms. The van der Waals surface area contributed by atoms with Crippen LogP contribution in [0.3, 0.4) is 0 Å². The summed E-state index contributed by atoms with van der Waals surface area (Å²) in [5.41, 5.74) is 6.94. The van der Waals surface area contributed by atoms with Gasteiger partial charge < -0.3 is 25.6 Å². The molecule has 0 aliphatic heterocycles. The quantitative estimate of drug-likeness (QED) is 0.665. The standard InChI is InChI=1S/C18H32N6O/c1-17(2,3)23(6)9-7-8-20-14-10-13-15(16(19)22-14)21-12-24(13)11-18(4,5)25/h10,12,25H,7-9,11H2,1-6H3,(H3,19,20,22). The molecule has 0 atom stereocenters. The number of nitrogens with zero attached hydrogens (tertiary/aromatic N) is 4. The zero-order valence-electron chi connectivity index (χ0n) is 16.3. The summed E-state index contributed by atoms with van der Waals surface area (Å²) in [7, 11) is 2.14. The zero-order chi connectivity index (χ0) is 18.8. The fourth-order valence-corrected chi connectivity index (χ4v) is 2.59. The van der Waals surface area contributed by atoms with E-state index in [0.717, 1.165) is 30.8 Å². The van der Waals surface area contributed by atoms with Gasteiger partial charge in [0.1, 0.15) is 11.3 Å². The summed E-state index contributed by atoms with van der Waals surface area (Å²) in [4.78, 5) is 11.0. The number of aromatic nitrogens is 3. The molecule has 2 heterocycles. The van der Waals surface area contributed by atoms with E-state index < -0.39 is 5.60 Å². The van der Waals surface area contributed by atoms with Gasteiger partial charge in [-0.1, -0.05) is 0 Å². The van der Waals surface area contributed by atoms with Crippen LogP contribution in [0.1, 0.15) is 41.0 Å². The van der Waals surface area contributed by atoms with Crippen LogP contribution >= 0.6 is 0 Å². The second-order valence-electron chi connectivity index (χ2n) is 8.32. The van der Waals surface area contributed by atoms with Gasteiger partial charge in [0.2, 0.25) is 0 Å². The number of anilines is 2. The first-order valence-corrected chi connectivity index (χ1v) is 8.76. The van der Waals surface area contributed by atoms with Gasteiger partial charge in [0.05, 0.1) is 24.0 Å². The molecule has 0 aliphatic rings. The second-order valence-corrected chi connectivity index (χ2v) is 8.32. The molecule has 0 saturated carbocycles. The minimum atomic E-state index is -0.823. The first kappa shape index (κ1) is 19.5. The van der Waals surface area contributed by atoms with Crippen LogP contribution in [0, 0.1) is 0 Å². The third-order valence-corrected chi connectivity index (χ3v) is 4.31. The van der Waals surface area contributed by atoms with Crippen LogP contribution in [0.15, 0.2) is 12.4 Å². The number of fused-ring (bicyclic) bond motifs is 1. The molecule has 140 valence electrons. The number of aliphatic hydroxyl groups is 1. The van der Waals surface area contributed by atoms with Crippen LogP contribution in [0.25, 0.3) is 11.0 Å². The predicted molar refractivity (Wildman–Crippen MR) is 104 cm³/mol. The van der Waals surface area contributed by atoms with Gasteiger partial charge in [-0.15, -0.1) is 0 Å². The fourth-order valence-electron chi connectivity index (χ4n) is 2.59. The van der Waals surface area contributed by atoms with Crippen molar-refractivity contribution in [1.29, 1.82) is 0 Å². The number of nitrogens with two attached hydrogens (primary N) is 1. The molecule has 0 aliphatic carbocycles. The van der Waals surface area contributed by atoms with Crippen LogP contribution < -0.4 is 11.1 Å². The summed E-state index contributed by atoms with van der Waals surface area (Å²) >= 11 is 0. The molecule has 4 N–H and O–H groups in total. The molecule has 0 fully saturated rings. The van der Waals surface area contributed by atoms with Crippen LogP contribution in [0.4, 0.5) is 11.6 Å². The number of hydrogen-bond donors (Lipinski definition) is 3. The van der Waals surface area contributed by atoms with Crippen molar-refractivity contribution < 1.29 is 5.11 Å². The van der Waals surface area contributed by atoms with Gasteiger partial charge in [-0.25, -0.2) is 9.97 Å². The molecule has 2 rings (SSSR count). The van der Waals surface area contributed by atoms with E-state index >= 15 is 0 Å². The summed E-state index contributed by atoms with van der Waals surface area (Å²) in [6, 6.07) is 1.94. The normalized spacial score (nSPS) is 13.0. The highest BCUT2D eigenvalue weighted by atomic mass is 16.3. The molecule has 7 nitrogen and oxygen atoms in total. The maximum absolute atomic E-state index is 10.1. The average Bonchev–Trinajstić information content (AvgIpc) is 2.84. The van der Waals surface area contributed by atoms with E-state index in [0.29, 0.717) is 17.9 Å². The average molecular weight is 348 g/mol. The van der Waals surface area contributed by atoms with Crippen LogP contribution in [-0.2, 0) is 6.54 Å². The molecule has 0 radical (unpaired) electrons. The van der Waals surface area contributed by atoms with E-state index in [4.69, 9.17) is 5.73 Å². The molecule has 0 spiro atoms. The molecule has 2 aromatic rings. The highest BCUT2D eigenvalue weighted by Gasteiger charge is 2.18. The molecule has 0 amide bonds. The monoisotopic (exact) mass is 348 g/mol. The molecule has 2 aromatic heterocycles. The van der Waals surface area contributed by atoms with Crippen molar-refractivity contribution in [3.8, 4) is 0 Å². The summed E-state index contributed by atoms with van der Waals surface area (Å²) < 4.78 is 1.91. The van der Waals surface area contributed by atoms with Crippen molar-refractivity contribution in [2.24, 2.45) is 0 Å². The molecule has 0 aromatic carbocycles. The number of imidazole rings is 1. The first-order chi connectivity index (χ1) is 11.5. The van der Waals surface area contributed by atoms with Crippen LogP contribution in [0.5, 0.6) is 0 Å². The minimum Gasteiger partial charge on any atom is -0.389 e. The Kier molecular flexibility index (Phi) is 5.58. The SMILES string of the molecule is CN(CCCNc1cc2c(ncn2CC(C)(C)O)c(N)n1)C(C)(C)C. The number of nitrogens with one attached hydrogen (secondary N) is 1. The Bertz CT molecular complexity index is 711. The van der Waals surface area contributed by atoms with Crippen molar-refractivity contribution in [3.63, 3.8) is 0 Å². The smallest absolute Gasteiger partial charge is 0.154 e. The molecular formula is C18H32N6O.